The third kappa shape index (κ3) is 2.62. The molecule has 0 aliphatic carbocycles. The minimum atomic E-state index is -0.516. The minimum absolute atomic E-state index is 0.303. The number of pyridine rings is 1. The summed E-state index contributed by atoms with van der Waals surface area (Å²) in [6.07, 6.45) is 1.62. The Morgan fingerprint density at radius 3 is 2.76 bits per heavy atom. The van der Waals surface area contributed by atoms with Gasteiger partial charge in [-0.3, -0.25) is 4.98 Å². The van der Waals surface area contributed by atoms with Gasteiger partial charge in [-0.2, -0.15) is 0 Å². The number of benzene rings is 1. The van der Waals surface area contributed by atoms with Crippen molar-refractivity contribution >= 4 is 11.6 Å². The van der Waals surface area contributed by atoms with Crippen molar-refractivity contribution < 1.29 is 4.39 Å². The molecule has 1 aromatic heterocycles. The van der Waals surface area contributed by atoms with Crippen LogP contribution in [0.3, 0.4) is 0 Å². The van der Waals surface area contributed by atoms with Crippen LogP contribution in [0.25, 0.3) is 0 Å². The van der Waals surface area contributed by atoms with Gasteiger partial charge in [0.2, 0.25) is 0 Å². The Labute approximate surface area is 104 Å². The van der Waals surface area contributed by atoms with Crippen LogP contribution in [-0.2, 0) is 0 Å². The topological polar surface area (TPSA) is 38.9 Å². The number of nitrogens with two attached hydrogens (primary N) is 1. The summed E-state index contributed by atoms with van der Waals surface area (Å²) in [5.74, 6) is -0.303. The first-order valence-electron chi connectivity index (χ1n) is 5.21. The quantitative estimate of drug-likeness (QED) is 0.889. The Morgan fingerprint density at radius 2 is 2.12 bits per heavy atom. The van der Waals surface area contributed by atoms with Gasteiger partial charge in [0.1, 0.15) is 5.82 Å². The molecule has 2 N–H and O–H groups in total. The van der Waals surface area contributed by atoms with Gasteiger partial charge >= 0.3 is 0 Å². The zero-order valence-corrected chi connectivity index (χ0v) is 10.1. The summed E-state index contributed by atoms with van der Waals surface area (Å²) in [6, 6.07) is 7.63. The zero-order valence-electron chi connectivity index (χ0n) is 9.32. The number of aryl methyl sites for hydroxylation is 1. The summed E-state index contributed by atoms with van der Waals surface area (Å²) in [7, 11) is 0. The van der Waals surface area contributed by atoms with Gasteiger partial charge < -0.3 is 5.73 Å². The molecule has 0 amide bonds. The molecule has 0 spiro atoms. The van der Waals surface area contributed by atoms with Crippen molar-refractivity contribution in [3.8, 4) is 0 Å². The molecule has 1 heterocycles. The maximum atomic E-state index is 13.3. The maximum absolute atomic E-state index is 13.3. The molecule has 2 nitrogen and oxygen atoms in total. The average Bonchev–Trinajstić information content (AvgIpc) is 2.27. The molecule has 2 rings (SSSR count). The van der Waals surface area contributed by atoms with E-state index in [2.05, 4.69) is 4.98 Å². The fourth-order valence-electron chi connectivity index (χ4n) is 1.73. The first kappa shape index (κ1) is 12.0. The van der Waals surface area contributed by atoms with E-state index < -0.39 is 6.04 Å². The van der Waals surface area contributed by atoms with Gasteiger partial charge in [-0.05, 0) is 42.3 Å². The lowest BCUT2D eigenvalue weighted by Crippen LogP contribution is -2.14. The number of aromatic nitrogens is 1. The van der Waals surface area contributed by atoms with Crippen molar-refractivity contribution in [3.63, 3.8) is 0 Å². The van der Waals surface area contributed by atoms with E-state index in [0.717, 1.165) is 5.56 Å². The molecule has 0 aliphatic rings. The second-order valence-corrected chi connectivity index (χ2v) is 4.32. The van der Waals surface area contributed by atoms with Crippen LogP contribution >= 0.6 is 11.6 Å². The molecular formula is C13H12ClFN2. The molecule has 88 valence electrons. The zero-order chi connectivity index (χ0) is 12.4. The summed E-state index contributed by atoms with van der Waals surface area (Å²) >= 11 is 6.01. The second-order valence-electron chi connectivity index (χ2n) is 3.91. The van der Waals surface area contributed by atoms with E-state index >= 15 is 0 Å². The summed E-state index contributed by atoms with van der Waals surface area (Å²) in [5, 5.41) is 0.488. The van der Waals surface area contributed by atoms with Gasteiger partial charge in [-0.1, -0.05) is 17.7 Å². The molecule has 0 radical (unpaired) electrons. The van der Waals surface area contributed by atoms with Crippen LogP contribution in [0.1, 0.15) is 22.9 Å². The van der Waals surface area contributed by atoms with Crippen molar-refractivity contribution in [1.82, 2.24) is 4.98 Å². The SMILES string of the molecule is Cc1cc(F)cc(C(N)c2ncccc2Cl)c1. The van der Waals surface area contributed by atoms with Gasteiger partial charge in [0, 0.05) is 6.20 Å². The maximum Gasteiger partial charge on any atom is 0.123 e. The lowest BCUT2D eigenvalue weighted by atomic mass is 10.0. The summed E-state index contributed by atoms with van der Waals surface area (Å²) in [5.41, 5.74) is 8.09. The second kappa shape index (κ2) is 4.82. The fourth-order valence-corrected chi connectivity index (χ4v) is 1.97. The molecule has 4 heteroatoms. The molecule has 1 aromatic carbocycles. The Bertz CT molecular complexity index is 522. The minimum Gasteiger partial charge on any atom is -0.319 e. The van der Waals surface area contributed by atoms with Crippen LogP contribution in [0.5, 0.6) is 0 Å². The van der Waals surface area contributed by atoms with E-state index in [1.807, 2.05) is 13.0 Å². The van der Waals surface area contributed by atoms with E-state index in [-0.39, 0.29) is 5.82 Å². The van der Waals surface area contributed by atoms with Gasteiger partial charge in [0.05, 0.1) is 16.8 Å². The highest BCUT2D eigenvalue weighted by molar-refractivity contribution is 6.31. The van der Waals surface area contributed by atoms with Gasteiger partial charge in [0.15, 0.2) is 0 Å². The Kier molecular flexibility index (Phi) is 3.41. The van der Waals surface area contributed by atoms with Crippen molar-refractivity contribution in [1.29, 1.82) is 0 Å². The Morgan fingerprint density at radius 1 is 1.35 bits per heavy atom. The van der Waals surface area contributed by atoms with Crippen LogP contribution in [0.2, 0.25) is 5.02 Å². The van der Waals surface area contributed by atoms with Crippen LogP contribution in [0, 0.1) is 12.7 Å². The number of nitrogens with zero attached hydrogens (tertiary/aromatic N) is 1. The highest BCUT2D eigenvalue weighted by atomic mass is 35.5. The average molecular weight is 251 g/mol. The number of hydrogen-bond acceptors (Lipinski definition) is 2. The van der Waals surface area contributed by atoms with Crippen LogP contribution < -0.4 is 5.73 Å². The Balaban J connectivity index is 2.43. The van der Waals surface area contributed by atoms with Crippen molar-refractivity contribution in [2.45, 2.75) is 13.0 Å². The normalized spacial score (nSPS) is 12.5. The number of halogens is 2. The highest BCUT2D eigenvalue weighted by Gasteiger charge is 2.14. The first-order valence-corrected chi connectivity index (χ1v) is 5.59. The fraction of sp³-hybridized carbons (Fsp3) is 0.154. The third-order valence-corrected chi connectivity index (χ3v) is 2.82. The van der Waals surface area contributed by atoms with E-state index in [1.165, 1.54) is 12.1 Å². The predicted octanol–water partition coefficient (Wildman–Crippen LogP) is 3.23. The largest absolute Gasteiger partial charge is 0.319 e. The monoisotopic (exact) mass is 250 g/mol. The Hall–Kier alpha value is -1.45. The molecule has 1 atom stereocenters. The highest BCUT2D eigenvalue weighted by Crippen LogP contribution is 2.25. The molecule has 1 unspecified atom stereocenters. The molecule has 0 saturated carbocycles. The third-order valence-electron chi connectivity index (χ3n) is 2.51. The molecule has 0 fully saturated rings. The van der Waals surface area contributed by atoms with Gasteiger partial charge in [-0.25, -0.2) is 4.39 Å². The van der Waals surface area contributed by atoms with Crippen LogP contribution in [-0.4, -0.2) is 4.98 Å². The molecular weight excluding hydrogens is 239 g/mol. The van der Waals surface area contributed by atoms with Crippen LogP contribution in [0.4, 0.5) is 4.39 Å². The van der Waals surface area contributed by atoms with E-state index in [4.69, 9.17) is 17.3 Å². The molecule has 17 heavy (non-hydrogen) atoms. The van der Waals surface area contributed by atoms with Gasteiger partial charge in [0.25, 0.3) is 0 Å². The first-order chi connectivity index (χ1) is 8.08. The van der Waals surface area contributed by atoms with E-state index in [0.29, 0.717) is 16.3 Å². The molecule has 0 saturated heterocycles. The number of rotatable bonds is 2. The summed E-state index contributed by atoms with van der Waals surface area (Å²) < 4.78 is 13.3. The summed E-state index contributed by atoms with van der Waals surface area (Å²) in [6.45, 7) is 1.82. The summed E-state index contributed by atoms with van der Waals surface area (Å²) in [4.78, 5) is 4.13. The standard InChI is InChI=1S/C13H12ClFN2/c1-8-5-9(7-10(15)6-8)12(16)13-11(14)3-2-4-17-13/h2-7,12H,16H2,1H3. The lowest BCUT2D eigenvalue weighted by molar-refractivity contribution is 0.621. The van der Waals surface area contributed by atoms with Crippen LogP contribution in [0.15, 0.2) is 36.5 Å². The van der Waals surface area contributed by atoms with E-state index in [9.17, 15) is 4.39 Å². The number of hydrogen-bond donors (Lipinski definition) is 1. The molecule has 2 aromatic rings. The van der Waals surface area contributed by atoms with Crippen molar-refractivity contribution in [2.75, 3.05) is 0 Å². The predicted molar refractivity (Wildman–Crippen MR) is 66.4 cm³/mol. The van der Waals surface area contributed by atoms with E-state index in [1.54, 1.807) is 18.3 Å². The molecule has 0 aliphatic heterocycles. The van der Waals surface area contributed by atoms with Gasteiger partial charge in [-0.15, -0.1) is 0 Å². The van der Waals surface area contributed by atoms with Crippen molar-refractivity contribution in [2.24, 2.45) is 5.73 Å². The lowest BCUT2D eigenvalue weighted by Gasteiger charge is -2.13. The van der Waals surface area contributed by atoms with Crippen molar-refractivity contribution in [3.05, 3.63) is 64.2 Å². The molecule has 0 bridgehead atoms. The smallest absolute Gasteiger partial charge is 0.123 e.